The molecule has 0 aliphatic carbocycles. The fraction of sp³-hybridized carbons (Fsp3) is 0.538. The third kappa shape index (κ3) is 5.44. The Balaban J connectivity index is 1.68. The second kappa shape index (κ2) is 10.5. The highest BCUT2D eigenvalue weighted by Gasteiger charge is 2.45. The van der Waals surface area contributed by atoms with E-state index in [0.29, 0.717) is 24.8 Å². The molecule has 2 aliphatic heterocycles. The quantitative estimate of drug-likeness (QED) is 0.562. The van der Waals surface area contributed by atoms with Gasteiger partial charge in [-0.25, -0.2) is 8.42 Å². The lowest BCUT2D eigenvalue weighted by molar-refractivity contribution is -0.0503. The van der Waals surface area contributed by atoms with Crippen molar-refractivity contribution in [3.05, 3.63) is 58.6 Å². The number of hydrogen-bond donors (Lipinski definition) is 0. The number of aryl methyl sites for hydroxylation is 1. The molecule has 0 bridgehead atoms. The zero-order chi connectivity index (χ0) is 24.5. The number of fused-ring (bicyclic) bond motifs is 1. The van der Waals surface area contributed by atoms with Crippen LogP contribution >= 0.6 is 11.6 Å². The van der Waals surface area contributed by atoms with Crippen LogP contribution in [-0.4, -0.2) is 74.6 Å². The fourth-order valence-electron chi connectivity index (χ4n) is 5.33. The van der Waals surface area contributed by atoms with Gasteiger partial charge in [0.05, 0.1) is 13.3 Å². The van der Waals surface area contributed by atoms with Crippen molar-refractivity contribution in [2.45, 2.75) is 50.7 Å². The Morgan fingerprint density at radius 2 is 1.82 bits per heavy atom. The maximum Gasteiger partial charge on any atom is 0.248 e. The van der Waals surface area contributed by atoms with E-state index in [0.717, 1.165) is 43.1 Å². The normalized spacial score (nSPS) is 22.6. The molecule has 4 rings (SSSR count). The molecular formula is C26H36ClN3O3S. The molecule has 2 aliphatic rings. The van der Waals surface area contributed by atoms with Gasteiger partial charge in [-0.05, 0) is 61.1 Å². The Bertz CT molecular complexity index is 1090. The summed E-state index contributed by atoms with van der Waals surface area (Å²) >= 11 is 6.11. The zero-order valence-corrected chi connectivity index (χ0v) is 22.1. The molecule has 2 saturated heterocycles. The van der Waals surface area contributed by atoms with Crippen LogP contribution in [0.5, 0.6) is 5.75 Å². The van der Waals surface area contributed by atoms with Gasteiger partial charge in [0.25, 0.3) is 0 Å². The second-order valence-electron chi connectivity index (χ2n) is 9.94. The minimum absolute atomic E-state index is 0.200. The largest absolute Gasteiger partial charge is 0.495 e. The lowest BCUT2D eigenvalue weighted by Gasteiger charge is -2.53. The second-order valence-corrected chi connectivity index (χ2v) is 12.2. The first-order chi connectivity index (χ1) is 16.2. The molecule has 2 fully saturated rings. The van der Waals surface area contributed by atoms with Crippen molar-refractivity contribution in [3.8, 4) is 5.75 Å². The Morgan fingerprint density at radius 3 is 2.50 bits per heavy atom. The van der Waals surface area contributed by atoms with Crippen LogP contribution in [0.4, 0.5) is 0 Å². The van der Waals surface area contributed by atoms with Gasteiger partial charge in [0.1, 0.15) is 10.6 Å². The first kappa shape index (κ1) is 25.5. The van der Waals surface area contributed by atoms with E-state index in [1.165, 1.54) is 12.7 Å². The number of methoxy groups -OCH3 is 1. The highest BCUT2D eigenvalue weighted by molar-refractivity contribution is 7.89. The van der Waals surface area contributed by atoms with Crippen molar-refractivity contribution in [2.75, 3.05) is 39.8 Å². The van der Waals surface area contributed by atoms with Gasteiger partial charge in [-0.1, -0.05) is 43.6 Å². The predicted molar refractivity (Wildman–Crippen MR) is 137 cm³/mol. The van der Waals surface area contributed by atoms with Crippen LogP contribution in [0.15, 0.2) is 47.4 Å². The molecule has 186 valence electrons. The maximum absolute atomic E-state index is 14.0. The number of ether oxygens (including phenoxy) is 1. The van der Waals surface area contributed by atoms with Gasteiger partial charge in [-0.15, -0.1) is 0 Å². The van der Waals surface area contributed by atoms with E-state index in [1.807, 2.05) is 25.1 Å². The summed E-state index contributed by atoms with van der Waals surface area (Å²) in [6, 6.07) is 13.6. The molecular weight excluding hydrogens is 470 g/mol. The Kier molecular flexibility index (Phi) is 7.89. The molecule has 6 nitrogen and oxygen atoms in total. The van der Waals surface area contributed by atoms with E-state index in [9.17, 15) is 8.42 Å². The van der Waals surface area contributed by atoms with Crippen LogP contribution in [0.25, 0.3) is 0 Å². The third-order valence-electron chi connectivity index (χ3n) is 6.78. The number of rotatable bonds is 7. The lowest BCUT2D eigenvalue weighted by atomic mass is 9.98. The Hall–Kier alpha value is -1.64. The van der Waals surface area contributed by atoms with Gasteiger partial charge in [0.2, 0.25) is 10.0 Å². The summed E-state index contributed by atoms with van der Waals surface area (Å²) in [5, 5.41) is 0.731. The summed E-state index contributed by atoms with van der Waals surface area (Å²) in [6.07, 6.45) is 1.48. The molecule has 0 saturated carbocycles. The van der Waals surface area contributed by atoms with Crippen molar-refractivity contribution < 1.29 is 13.2 Å². The Morgan fingerprint density at radius 1 is 1.09 bits per heavy atom. The SMILES string of the molecule is COc1ccc(C)cc1S(=O)(=O)N1CCCN2C(Cc3ccc(Cl)cc3)CN(CC(C)C)CC21. The van der Waals surface area contributed by atoms with Crippen LogP contribution in [0.3, 0.4) is 0 Å². The van der Waals surface area contributed by atoms with Crippen molar-refractivity contribution in [2.24, 2.45) is 5.92 Å². The van der Waals surface area contributed by atoms with E-state index >= 15 is 0 Å². The molecule has 0 radical (unpaired) electrons. The van der Waals surface area contributed by atoms with E-state index < -0.39 is 10.0 Å². The molecule has 2 atom stereocenters. The maximum atomic E-state index is 14.0. The molecule has 2 aromatic carbocycles. The number of sulfonamides is 1. The van der Waals surface area contributed by atoms with Gasteiger partial charge in [0, 0.05) is 43.8 Å². The number of piperazine rings is 1. The average Bonchev–Trinajstić information content (AvgIpc) is 2.79. The number of halogens is 1. The first-order valence-electron chi connectivity index (χ1n) is 12.1. The van der Waals surface area contributed by atoms with E-state index in [2.05, 4.69) is 35.8 Å². The molecule has 0 amide bonds. The van der Waals surface area contributed by atoms with Gasteiger partial charge in [-0.3, -0.25) is 9.80 Å². The van der Waals surface area contributed by atoms with Gasteiger partial charge in [-0.2, -0.15) is 4.31 Å². The van der Waals surface area contributed by atoms with Crippen molar-refractivity contribution in [1.29, 1.82) is 0 Å². The monoisotopic (exact) mass is 505 g/mol. The molecule has 0 spiro atoms. The topological polar surface area (TPSA) is 53.1 Å². The molecule has 0 N–H and O–H groups in total. The zero-order valence-electron chi connectivity index (χ0n) is 20.6. The van der Waals surface area contributed by atoms with Crippen molar-refractivity contribution >= 4 is 21.6 Å². The summed E-state index contributed by atoms with van der Waals surface area (Å²) < 4.78 is 35.2. The number of benzene rings is 2. The van der Waals surface area contributed by atoms with E-state index in [-0.39, 0.29) is 17.1 Å². The number of hydrogen-bond acceptors (Lipinski definition) is 5. The minimum atomic E-state index is -3.73. The van der Waals surface area contributed by atoms with Crippen LogP contribution in [0.1, 0.15) is 31.4 Å². The summed E-state index contributed by atoms with van der Waals surface area (Å²) in [5.41, 5.74) is 2.12. The summed E-state index contributed by atoms with van der Waals surface area (Å²) in [4.78, 5) is 5.11. The number of nitrogens with zero attached hydrogens (tertiary/aromatic N) is 3. The molecule has 8 heteroatoms. The van der Waals surface area contributed by atoms with E-state index in [1.54, 1.807) is 16.4 Å². The molecule has 2 aromatic rings. The summed E-state index contributed by atoms with van der Waals surface area (Å²) in [6.45, 7) is 10.3. The molecule has 2 unspecified atom stereocenters. The van der Waals surface area contributed by atoms with Gasteiger partial charge < -0.3 is 4.74 Å². The third-order valence-corrected chi connectivity index (χ3v) is 8.95. The van der Waals surface area contributed by atoms with Crippen molar-refractivity contribution in [1.82, 2.24) is 14.1 Å². The van der Waals surface area contributed by atoms with Crippen molar-refractivity contribution in [3.63, 3.8) is 0 Å². The standard InChI is InChI=1S/C26H36ClN3O3S/c1-19(2)16-28-17-23(15-21-7-9-22(27)10-8-21)29-12-5-13-30(26(29)18-28)34(31,32)25-14-20(3)6-11-24(25)33-4/h6-11,14,19,23,26H,5,12-13,15-18H2,1-4H3. The summed E-state index contributed by atoms with van der Waals surface area (Å²) in [5.74, 6) is 0.906. The fourth-order valence-corrected chi connectivity index (χ4v) is 7.33. The minimum Gasteiger partial charge on any atom is -0.495 e. The highest BCUT2D eigenvalue weighted by atomic mass is 35.5. The van der Waals surface area contributed by atoms with Crippen LogP contribution in [0.2, 0.25) is 5.02 Å². The molecule has 0 aromatic heterocycles. The van der Waals surface area contributed by atoms with E-state index in [4.69, 9.17) is 16.3 Å². The van der Waals surface area contributed by atoms with Gasteiger partial charge >= 0.3 is 0 Å². The van der Waals surface area contributed by atoms with Gasteiger partial charge in [0.15, 0.2) is 0 Å². The molecule has 2 heterocycles. The highest BCUT2D eigenvalue weighted by Crippen LogP contribution is 2.34. The Labute approximate surface area is 209 Å². The molecule has 34 heavy (non-hydrogen) atoms. The average molecular weight is 506 g/mol. The first-order valence-corrected chi connectivity index (χ1v) is 13.9. The van der Waals surface area contributed by atoms with Crippen LogP contribution < -0.4 is 4.74 Å². The van der Waals surface area contributed by atoms with Crippen LogP contribution in [0, 0.1) is 12.8 Å². The smallest absolute Gasteiger partial charge is 0.248 e. The predicted octanol–water partition coefficient (Wildman–Crippen LogP) is 4.26. The van der Waals surface area contributed by atoms with Crippen LogP contribution in [-0.2, 0) is 16.4 Å². The lowest BCUT2D eigenvalue weighted by Crippen LogP contribution is -2.68. The summed E-state index contributed by atoms with van der Waals surface area (Å²) in [7, 11) is -2.20.